The van der Waals surface area contributed by atoms with Crippen molar-refractivity contribution in [1.82, 2.24) is 4.90 Å². The summed E-state index contributed by atoms with van der Waals surface area (Å²) in [5.41, 5.74) is 3.62. The van der Waals surface area contributed by atoms with Crippen LogP contribution in [0.1, 0.15) is 47.0 Å². The summed E-state index contributed by atoms with van der Waals surface area (Å²) < 4.78 is 0. The zero-order valence-corrected chi connectivity index (χ0v) is 12.6. The van der Waals surface area contributed by atoms with E-state index in [0.29, 0.717) is 17.9 Å². The van der Waals surface area contributed by atoms with Crippen LogP contribution in [0.5, 0.6) is 0 Å². The van der Waals surface area contributed by atoms with Gasteiger partial charge in [0.2, 0.25) is 0 Å². The summed E-state index contributed by atoms with van der Waals surface area (Å²) in [5.74, 6) is 1.32. The quantitative estimate of drug-likeness (QED) is 0.632. The fourth-order valence-electron chi connectivity index (χ4n) is 3.08. The molecule has 0 aromatic carbocycles. The Morgan fingerprint density at radius 3 is 2.39 bits per heavy atom. The van der Waals surface area contributed by atoms with Crippen LogP contribution in [-0.2, 0) is 0 Å². The smallest absolute Gasteiger partial charge is 0.0494 e. The Morgan fingerprint density at radius 1 is 1.33 bits per heavy atom. The molecule has 0 amide bonds. The summed E-state index contributed by atoms with van der Waals surface area (Å²) in [5, 5.41) is 0. The number of nitrogens with zero attached hydrogens (tertiary/aromatic N) is 1. The highest BCUT2D eigenvalue weighted by molar-refractivity contribution is 5.31. The third-order valence-corrected chi connectivity index (χ3v) is 4.51. The maximum Gasteiger partial charge on any atom is 0.0494 e. The van der Waals surface area contributed by atoms with Crippen molar-refractivity contribution in [3.8, 4) is 0 Å². The van der Waals surface area contributed by atoms with Gasteiger partial charge in [0.05, 0.1) is 0 Å². The molecule has 102 valence electrons. The van der Waals surface area contributed by atoms with Crippen LogP contribution in [0.4, 0.5) is 0 Å². The minimum absolute atomic E-state index is 0.423. The van der Waals surface area contributed by atoms with Gasteiger partial charge in [-0.05, 0) is 37.2 Å². The number of hydrogen-bond donors (Lipinski definition) is 0. The van der Waals surface area contributed by atoms with Crippen molar-refractivity contribution < 1.29 is 0 Å². The molecule has 1 aliphatic rings. The summed E-state index contributed by atoms with van der Waals surface area (Å²) >= 11 is 0. The first-order chi connectivity index (χ1) is 8.43. The van der Waals surface area contributed by atoms with Gasteiger partial charge < -0.3 is 4.90 Å². The van der Waals surface area contributed by atoms with Gasteiger partial charge in [-0.3, -0.25) is 0 Å². The molecule has 0 aliphatic carbocycles. The first-order valence-electron chi connectivity index (χ1n) is 7.24. The van der Waals surface area contributed by atoms with E-state index in [9.17, 15) is 0 Å². The van der Waals surface area contributed by atoms with Gasteiger partial charge in [0.25, 0.3) is 0 Å². The van der Waals surface area contributed by atoms with Gasteiger partial charge in [-0.1, -0.05) is 52.5 Å². The van der Waals surface area contributed by atoms with Gasteiger partial charge in [0.15, 0.2) is 0 Å². The second-order valence-corrected chi connectivity index (χ2v) is 5.72. The van der Waals surface area contributed by atoms with Crippen LogP contribution >= 0.6 is 0 Å². The van der Waals surface area contributed by atoms with Crippen LogP contribution in [-0.4, -0.2) is 17.5 Å². The number of likely N-dealkylation sites (tertiary alicyclic amines) is 1. The molecule has 18 heavy (non-hydrogen) atoms. The monoisotopic (exact) mass is 247 g/mol. The molecule has 1 fully saturated rings. The highest BCUT2D eigenvalue weighted by Crippen LogP contribution is 2.37. The molecular weight excluding hydrogens is 218 g/mol. The predicted octanol–water partition coefficient (Wildman–Crippen LogP) is 4.78. The van der Waals surface area contributed by atoms with Crippen LogP contribution in [0.3, 0.4) is 0 Å². The van der Waals surface area contributed by atoms with Crippen LogP contribution in [0, 0.1) is 11.8 Å². The Balaban J connectivity index is 2.83. The topological polar surface area (TPSA) is 3.24 Å². The van der Waals surface area contributed by atoms with E-state index in [1.807, 2.05) is 0 Å². The lowest BCUT2D eigenvalue weighted by Crippen LogP contribution is -2.41. The van der Waals surface area contributed by atoms with Crippen molar-refractivity contribution in [3.63, 3.8) is 0 Å². The number of allylic oxidation sites excluding steroid dienone is 1. The maximum atomic E-state index is 4.30. The van der Waals surface area contributed by atoms with E-state index in [1.165, 1.54) is 24.0 Å². The molecule has 1 heterocycles. The molecule has 1 heteroatoms. The minimum Gasteiger partial charge on any atom is -0.365 e. The lowest BCUT2D eigenvalue weighted by molar-refractivity contribution is 0.210. The Morgan fingerprint density at radius 2 is 1.94 bits per heavy atom. The van der Waals surface area contributed by atoms with E-state index in [2.05, 4.69) is 52.3 Å². The van der Waals surface area contributed by atoms with Crippen molar-refractivity contribution in [2.24, 2.45) is 11.8 Å². The summed E-state index contributed by atoms with van der Waals surface area (Å²) in [6.07, 6.45) is 3.51. The van der Waals surface area contributed by atoms with Crippen molar-refractivity contribution in [3.05, 3.63) is 36.6 Å². The standard InChI is InChI=1S/C17H29N/c1-8-13(5)16-10-11-18(15(7)14(16)6)17(9-2)12(3)4/h13,16-17H,3,6-11H2,1-2,4-5H3/t13?,16?,17-/m0/s1. The summed E-state index contributed by atoms with van der Waals surface area (Å²) in [4.78, 5) is 2.41. The van der Waals surface area contributed by atoms with E-state index in [1.54, 1.807) is 0 Å². The first-order valence-corrected chi connectivity index (χ1v) is 7.24. The van der Waals surface area contributed by atoms with Crippen molar-refractivity contribution in [2.45, 2.75) is 53.0 Å². The predicted molar refractivity (Wildman–Crippen MR) is 81.4 cm³/mol. The molecule has 0 N–H and O–H groups in total. The van der Waals surface area contributed by atoms with Gasteiger partial charge in [0.1, 0.15) is 0 Å². The van der Waals surface area contributed by atoms with E-state index >= 15 is 0 Å². The average Bonchev–Trinajstić information content (AvgIpc) is 2.34. The lowest BCUT2D eigenvalue weighted by Gasteiger charge is -2.43. The molecule has 2 unspecified atom stereocenters. The molecule has 1 rings (SSSR count). The molecule has 1 nitrogen and oxygen atoms in total. The average molecular weight is 247 g/mol. The van der Waals surface area contributed by atoms with Crippen molar-refractivity contribution >= 4 is 0 Å². The number of hydrogen-bond acceptors (Lipinski definition) is 1. The zero-order chi connectivity index (χ0) is 13.9. The molecule has 1 aliphatic heterocycles. The largest absolute Gasteiger partial charge is 0.365 e. The highest BCUT2D eigenvalue weighted by Gasteiger charge is 2.31. The SMILES string of the molecule is C=C1C(=C)N([C@@H](CC)C(=C)C)CCC1C(C)CC. The third kappa shape index (κ3) is 2.88. The fourth-order valence-corrected chi connectivity index (χ4v) is 3.08. The number of rotatable bonds is 5. The highest BCUT2D eigenvalue weighted by atomic mass is 15.2. The Kier molecular flexibility index (Phi) is 5.25. The van der Waals surface area contributed by atoms with E-state index < -0.39 is 0 Å². The summed E-state index contributed by atoms with van der Waals surface area (Å²) in [6.45, 7) is 22.7. The van der Waals surface area contributed by atoms with E-state index in [0.717, 1.165) is 18.7 Å². The second-order valence-electron chi connectivity index (χ2n) is 5.72. The maximum absolute atomic E-state index is 4.30. The lowest BCUT2D eigenvalue weighted by atomic mass is 9.79. The molecule has 0 saturated carbocycles. The van der Waals surface area contributed by atoms with Gasteiger partial charge in [0, 0.05) is 18.3 Å². The van der Waals surface area contributed by atoms with E-state index in [4.69, 9.17) is 0 Å². The third-order valence-electron chi connectivity index (χ3n) is 4.51. The van der Waals surface area contributed by atoms with Gasteiger partial charge in [-0.25, -0.2) is 0 Å². The zero-order valence-electron chi connectivity index (χ0n) is 12.6. The summed E-state index contributed by atoms with van der Waals surface area (Å²) in [7, 11) is 0. The summed E-state index contributed by atoms with van der Waals surface area (Å²) in [6, 6.07) is 0.423. The molecule has 1 saturated heterocycles. The van der Waals surface area contributed by atoms with Crippen LogP contribution < -0.4 is 0 Å². The Labute approximate surface area is 113 Å². The van der Waals surface area contributed by atoms with E-state index in [-0.39, 0.29) is 0 Å². The van der Waals surface area contributed by atoms with Crippen LogP contribution in [0.25, 0.3) is 0 Å². The minimum atomic E-state index is 0.423. The molecule has 0 aromatic heterocycles. The first kappa shape index (κ1) is 15.1. The van der Waals surface area contributed by atoms with Gasteiger partial charge in [-0.2, -0.15) is 0 Å². The normalized spacial score (nSPS) is 24.0. The fraction of sp³-hybridized carbons (Fsp3) is 0.647. The molecule has 0 aromatic rings. The van der Waals surface area contributed by atoms with Crippen LogP contribution in [0.15, 0.2) is 36.6 Å². The second kappa shape index (κ2) is 6.26. The molecule has 0 spiro atoms. The van der Waals surface area contributed by atoms with Crippen molar-refractivity contribution in [1.29, 1.82) is 0 Å². The molecule has 0 bridgehead atoms. The molecular formula is C17H29N. The van der Waals surface area contributed by atoms with Crippen LogP contribution in [0.2, 0.25) is 0 Å². The number of piperidine rings is 1. The Hall–Kier alpha value is -0.980. The van der Waals surface area contributed by atoms with Gasteiger partial charge >= 0.3 is 0 Å². The van der Waals surface area contributed by atoms with Gasteiger partial charge in [-0.15, -0.1) is 0 Å². The molecule has 3 atom stereocenters. The Bertz CT molecular complexity index is 340. The van der Waals surface area contributed by atoms with Crippen molar-refractivity contribution in [2.75, 3.05) is 6.54 Å². The molecule has 0 radical (unpaired) electrons.